The number of carbonyl (C=O) groups excluding carboxylic acids is 2. The highest BCUT2D eigenvalue weighted by Gasteiger charge is 2.47. The molecule has 1 unspecified atom stereocenters. The third-order valence-corrected chi connectivity index (χ3v) is 5.10. The standard InChI is InChI=1S/C22H15BrN2O3/c23-16-11-9-14(10-12-16)19-18(20(26)15-6-2-1-3-7-15)21(27)22(28)25(19)17-8-4-5-13-24-17/h1-13,19,26H. The van der Waals surface area contributed by atoms with Gasteiger partial charge in [0.15, 0.2) is 0 Å². The van der Waals surface area contributed by atoms with Crippen molar-refractivity contribution in [2.24, 2.45) is 0 Å². The van der Waals surface area contributed by atoms with Gasteiger partial charge in [0.05, 0.1) is 11.6 Å². The van der Waals surface area contributed by atoms with Crippen molar-refractivity contribution in [1.29, 1.82) is 0 Å². The molecule has 1 atom stereocenters. The van der Waals surface area contributed by atoms with Crippen LogP contribution < -0.4 is 4.90 Å². The van der Waals surface area contributed by atoms with Gasteiger partial charge in [-0.25, -0.2) is 4.98 Å². The number of Topliss-reactive ketones (excluding diaryl/α,β-unsaturated/α-hetero) is 1. The molecule has 1 N–H and O–H groups in total. The van der Waals surface area contributed by atoms with Crippen LogP contribution >= 0.6 is 15.9 Å². The Morgan fingerprint density at radius 1 is 0.929 bits per heavy atom. The van der Waals surface area contributed by atoms with Crippen molar-refractivity contribution in [3.63, 3.8) is 0 Å². The van der Waals surface area contributed by atoms with Crippen LogP contribution in [0.5, 0.6) is 0 Å². The van der Waals surface area contributed by atoms with Crippen LogP contribution in [0.25, 0.3) is 5.76 Å². The van der Waals surface area contributed by atoms with E-state index in [2.05, 4.69) is 20.9 Å². The lowest BCUT2D eigenvalue weighted by Crippen LogP contribution is -2.30. The van der Waals surface area contributed by atoms with Gasteiger partial charge >= 0.3 is 5.91 Å². The lowest BCUT2D eigenvalue weighted by atomic mass is 9.95. The maximum absolute atomic E-state index is 12.9. The molecule has 6 heteroatoms. The number of hydrogen-bond donors (Lipinski definition) is 1. The number of nitrogens with zero attached hydrogens (tertiary/aromatic N) is 2. The van der Waals surface area contributed by atoms with E-state index < -0.39 is 17.7 Å². The second-order valence-electron chi connectivity index (χ2n) is 6.27. The number of aromatic nitrogens is 1. The van der Waals surface area contributed by atoms with Crippen molar-refractivity contribution in [3.05, 3.63) is 100 Å². The molecule has 138 valence electrons. The van der Waals surface area contributed by atoms with E-state index in [9.17, 15) is 14.7 Å². The number of amides is 1. The van der Waals surface area contributed by atoms with Gasteiger partial charge in [-0.3, -0.25) is 14.5 Å². The number of halogens is 1. The van der Waals surface area contributed by atoms with Gasteiger partial charge in [0.2, 0.25) is 0 Å². The van der Waals surface area contributed by atoms with E-state index in [1.807, 2.05) is 30.3 Å². The second-order valence-corrected chi connectivity index (χ2v) is 7.19. The molecule has 1 aliphatic rings. The van der Waals surface area contributed by atoms with E-state index in [1.165, 1.54) is 4.90 Å². The molecular formula is C22H15BrN2O3. The number of hydrogen-bond acceptors (Lipinski definition) is 4. The highest BCUT2D eigenvalue weighted by molar-refractivity contribution is 9.10. The third-order valence-electron chi connectivity index (χ3n) is 4.57. The Balaban J connectivity index is 1.95. The molecule has 2 heterocycles. The number of aliphatic hydroxyl groups is 1. The predicted molar refractivity (Wildman–Crippen MR) is 110 cm³/mol. The van der Waals surface area contributed by atoms with E-state index in [-0.39, 0.29) is 11.3 Å². The summed E-state index contributed by atoms with van der Waals surface area (Å²) < 4.78 is 0.870. The zero-order valence-electron chi connectivity index (χ0n) is 14.6. The van der Waals surface area contributed by atoms with Crippen LogP contribution in [-0.2, 0) is 9.59 Å². The average Bonchev–Trinajstić information content (AvgIpc) is 3.00. The molecule has 1 fully saturated rings. The lowest BCUT2D eigenvalue weighted by molar-refractivity contribution is -0.132. The Hall–Kier alpha value is -3.25. The monoisotopic (exact) mass is 434 g/mol. The van der Waals surface area contributed by atoms with Crippen LogP contribution in [0, 0.1) is 0 Å². The minimum atomic E-state index is -0.775. The molecule has 0 spiro atoms. The summed E-state index contributed by atoms with van der Waals surface area (Å²) in [7, 11) is 0. The van der Waals surface area contributed by atoms with Crippen molar-refractivity contribution >= 4 is 39.2 Å². The normalized spacial score (nSPS) is 18.5. The zero-order chi connectivity index (χ0) is 19.7. The van der Waals surface area contributed by atoms with E-state index in [0.717, 1.165) is 4.47 Å². The Morgan fingerprint density at radius 3 is 2.25 bits per heavy atom. The fourth-order valence-electron chi connectivity index (χ4n) is 3.28. The highest BCUT2D eigenvalue weighted by Crippen LogP contribution is 2.41. The number of anilines is 1. The van der Waals surface area contributed by atoms with Gasteiger partial charge in [0, 0.05) is 16.2 Å². The Labute approximate surface area is 170 Å². The van der Waals surface area contributed by atoms with Gasteiger partial charge in [0.1, 0.15) is 11.6 Å². The first-order valence-corrected chi connectivity index (χ1v) is 9.40. The maximum atomic E-state index is 12.9. The number of aliphatic hydroxyl groups excluding tert-OH is 1. The van der Waals surface area contributed by atoms with E-state index in [4.69, 9.17) is 0 Å². The molecule has 1 amide bonds. The molecule has 28 heavy (non-hydrogen) atoms. The number of carbonyl (C=O) groups is 2. The van der Waals surface area contributed by atoms with Crippen LogP contribution in [0.1, 0.15) is 17.2 Å². The fraction of sp³-hybridized carbons (Fsp3) is 0.0455. The van der Waals surface area contributed by atoms with Gasteiger partial charge in [-0.1, -0.05) is 64.5 Å². The number of benzene rings is 2. The molecule has 1 aromatic heterocycles. The molecule has 0 saturated carbocycles. The third kappa shape index (κ3) is 3.12. The van der Waals surface area contributed by atoms with Crippen molar-refractivity contribution in [2.45, 2.75) is 6.04 Å². The summed E-state index contributed by atoms with van der Waals surface area (Å²) in [6, 6.07) is 20.4. The molecule has 1 saturated heterocycles. The van der Waals surface area contributed by atoms with Crippen LogP contribution in [0.3, 0.4) is 0 Å². The average molecular weight is 435 g/mol. The highest BCUT2D eigenvalue weighted by atomic mass is 79.9. The largest absolute Gasteiger partial charge is 0.507 e. The first-order chi connectivity index (χ1) is 13.6. The van der Waals surface area contributed by atoms with Crippen LogP contribution in [0.2, 0.25) is 0 Å². The lowest BCUT2D eigenvalue weighted by Gasteiger charge is -2.24. The van der Waals surface area contributed by atoms with E-state index in [0.29, 0.717) is 16.9 Å². The number of ketones is 1. The van der Waals surface area contributed by atoms with Crippen LogP contribution in [-0.4, -0.2) is 21.8 Å². The summed E-state index contributed by atoms with van der Waals surface area (Å²) in [6.07, 6.45) is 1.56. The molecule has 0 aliphatic carbocycles. The molecule has 0 bridgehead atoms. The Morgan fingerprint density at radius 2 is 1.61 bits per heavy atom. The van der Waals surface area contributed by atoms with Crippen LogP contribution in [0.4, 0.5) is 5.82 Å². The number of rotatable bonds is 3. The van der Waals surface area contributed by atoms with Crippen molar-refractivity contribution in [2.75, 3.05) is 4.90 Å². The predicted octanol–water partition coefficient (Wildman–Crippen LogP) is 4.47. The summed E-state index contributed by atoms with van der Waals surface area (Å²) in [4.78, 5) is 31.4. The van der Waals surface area contributed by atoms with Gasteiger partial charge in [0.25, 0.3) is 5.78 Å². The minimum absolute atomic E-state index is 0.0455. The van der Waals surface area contributed by atoms with E-state index in [1.54, 1.807) is 48.7 Å². The molecule has 5 nitrogen and oxygen atoms in total. The topological polar surface area (TPSA) is 70.5 Å². The summed E-state index contributed by atoms with van der Waals surface area (Å²) in [5, 5.41) is 10.9. The Kier molecular flexibility index (Phi) is 4.79. The maximum Gasteiger partial charge on any atom is 0.301 e. The first-order valence-electron chi connectivity index (χ1n) is 8.61. The quantitative estimate of drug-likeness (QED) is 0.375. The summed E-state index contributed by atoms with van der Waals surface area (Å²) >= 11 is 3.40. The minimum Gasteiger partial charge on any atom is -0.507 e. The molecule has 2 aromatic carbocycles. The summed E-state index contributed by atoms with van der Waals surface area (Å²) in [5.41, 5.74) is 1.22. The van der Waals surface area contributed by atoms with E-state index >= 15 is 0 Å². The first kappa shape index (κ1) is 18.1. The van der Waals surface area contributed by atoms with Crippen molar-refractivity contribution in [1.82, 2.24) is 4.98 Å². The summed E-state index contributed by atoms with van der Waals surface area (Å²) in [6.45, 7) is 0. The molecule has 0 radical (unpaired) electrons. The molecular weight excluding hydrogens is 420 g/mol. The second kappa shape index (κ2) is 7.40. The number of pyridine rings is 1. The summed E-state index contributed by atoms with van der Waals surface area (Å²) in [5.74, 6) is -1.31. The smallest absolute Gasteiger partial charge is 0.301 e. The van der Waals surface area contributed by atoms with Gasteiger partial charge in [-0.2, -0.15) is 0 Å². The molecule has 4 rings (SSSR count). The van der Waals surface area contributed by atoms with Gasteiger partial charge in [-0.05, 0) is 29.8 Å². The SMILES string of the molecule is O=C1C(=O)N(c2ccccn2)C(c2ccc(Br)cc2)C1=C(O)c1ccccc1. The molecule has 1 aliphatic heterocycles. The van der Waals surface area contributed by atoms with Crippen LogP contribution in [0.15, 0.2) is 89.0 Å². The zero-order valence-corrected chi connectivity index (χ0v) is 16.2. The molecule has 3 aromatic rings. The Bertz CT molecular complexity index is 1060. The van der Waals surface area contributed by atoms with Crippen molar-refractivity contribution < 1.29 is 14.7 Å². The van der Waals surface area contributed by atoms with Gasteiger partial charge < -0.3 is 5.11 Å². The van der Waals surface area contributed by atoms with Gasteiger partial charge in [-0.15, -0.1) is 0 Å². The fourth-order valence-corrected chi connectivity index (χ4v) is 3.54. The van der Waals surface area contributed by atoms with Crippen molar-refractivity contribution in [3.8, 4) is 0 Å².